The summed E-state index contributed by atoms with van der Waals surface area (Å²) in [5, 5.41) is 0. The second-order valence-electron chi connectivity index (χ2n) is 8.15. The van der Waals surface area contributed by atoms with Gasteiger partial charge in [-0.2, -0.15) is 0 Å². The van der Waals surface area contributed by atoms with E-state index in [-0.39, 0.29) is 17.1 Å². The predicted octanol–water partition coefficient (Wildman–Crippen LogP) is 3.93. The molecule has 3 aromatic carbocycles. The molecule has 10 heteroatoms. The van der Waals surface area contributed by atoms with Crippen LogP contribution in [0.25, 0.3) is 0 Å². The van der Waals surface area contributed by atoms with Gasteiger partial charge in [-0.25, -0.2) is 0 Å². The van der Waals surface area contributed by atoms with Crippen molar-refractivity contribution < 1.29 is 28.5 Å². The van der Waals surface area contributed by atoms with E-state index < -0.39 is 36.7 Å². The first-order valence-corrected chi connectivity index (χ1v) is 15.3. The maximum atomic E-state index is 12.5. The summed E-state index contributed by atoms with van der Waals surface area (Å²) in [4.78, 5) is 12.5. The van der Waals surface area contributed by atoms with E-state index >= 15 is 0 Å². The van der Waals surface area contributed by atoms with Gasteiger partial charge in [-0.3, -0.25) is 0 Å². The second kappa shape index (κ2) is 11.3. The average Bonchev–Trinajstić information content (AvgIpc) is 3.21. The van der Waals surface area contributed by atoms with Gasteiger partial charge in [0.25, 0.3) is 0 Å². The zero-order valence-corrected chi connectivity index (χ0v) is 22.7. The molecule has 188 valence electrons. The van der Waals surface area contributed by atoms with E-state index in [2.05, 4.69) is 0 Å². The minimum atomic E-state index is -4.09. The molecule has 0 atom stereocenters. The fourth-order valence-electron chi connectivity index (χ4n) is 3.41. The van der Waals surface area contributed by atoms with Crippen LogP contribution in [-0.4, -0.2) is 22.4 Å². The minimum absolute atomic E-state index is 0.0181. The molecule has 0 bridgehead atoms. The van der Waals surface area contributed by atoms with Crippen molar-refractivity contribution in [1.29, 1.82) is 0 Å². The van der Waals surface area contributed by atoms with Gasteiger partial charge in [0.15, 0.2) is 0 Å². The quantitative estimate of drug-likeness (QED) is 0.173. The molecule has 1 N–H and O–H groups in total. The van der Waals surface area contributed by atoms with Crippen LogP contribution in [0.1, 0.15) is 27.2 Å². The van der Waals surface area contributed by atoms with Gasteiger partial charge in [-0.1, -0.05) is 30.3 Å². The molecule has 0 fully saturated rings. The zero-order valence-electron chi connectivity index (χ0n) is 19.7. The summed E-state index contributed by atoms with van der Waals surface area (Å²) in [5.74, 6) is -0.524. The van der Waals surface area contributed by atoms with Crippen molar-refractivity contribution in [3.05, 3.63) is 117 Å². The van der Waals surface area contributed by atoms with Crippen LogP contribution in [0.5, 0.6) is 0 Å². The molecule has 0 radical (unpaired) electrons. The van der Waals surface area contributed by atoms with Crippen molar-refractivity contribution in [3.63, 3.8) is 0 Å². The van der Waals surface area contributed by atoms with Gasteiger partial charge in [0.2, 0.25) is 0 Å². The number of rotatable bonds is 9. The topological polar surface area (TPSA) is 98.7 Å². The molecular formula is C26H26IN2O6S+. The summed E-state index contributed by atoms with van der Waals surface area (Å²) >= 11 is -3.46. The molecule has 0 unspecified atom stereocenters. The van der Waals surface area contributed by atoms with Gasteiger partial charge in [-0.15, -0.1) is 0 Å². The Labute approximate surface area is 218 Å². The molecule has 1 aromatic heterocycles. The molecule has 0 saturated carbocycles. The molecule has 0 spiro atoms. The van der Waals surface area contributed by atoms with E-state index in [0.717, 1.165) is 11.3 Å². The average molecular weight is 621 g/mol. The standard InChI is InChI=1S/C26H26IN2O6S/c1-20-8-14-25(15-9-20)36(32,33)35-27(31)23-12-10-22(11-13-23)26(30)34-18-24-17-29(19-28(24)2)16-21-6-4-3-5-7-21/h3-15,17,19,31H,16,18H2,1-2H3/q+1. The fraction of sp³-hybridized carbons (Fsp3) is 0.154. The number of nitrogens with zero attached hydrogens (tertiary/aromatic N) is 2. The molecule has 4 aromatic rings. The maximum absolute atomic E-state index is 12.5. The Morgan fingerprint density at radius 1 is 1.00 bits per heavy atom. The first-order chi connectivity index (χ1) is 17.2. The summed E-state index contributed by atoms with van der Waals surface area (Å²) in [7, 11) is -2.20. The fourth-order valence-corrected chi connectivity index (χ4v) is 7.74. The number of benzene rings is 3. The van der Waals surface area contributed by atoms with Crippen molar-refractivity contribution in [2.75, 3.05) is 0 Å². The van der Waals surface area contributed by atoms with Crippen LogP contribution in [0.2, 0.25) is 0 Å². The second-order valence-corrected chi connectivity index (χ2v) is 13.3. The van der Waals surface area contributed by atoms with Gasteiger partial charge >= 0.3 is 189 Å². The number of imidazole rings is 1. The number of carbonyl (C=O) groups excluding carboxylic acids is 1. The first kappa shape index (κ1) is 26.0. The van der Waals surface area contributed by atoms with Crippen LogP contribution in [0, 0.1) is 10.5 Å². The Morgan fingerprint density at radius 3 is 2.33 bits per heavy atom. The van der Waals surface area contributed by atoms with E-state index in [1.54, 1.807) is 12.1 Å². The Morgan fingerprint density at radius 2 is 1.67 bits per heavy atom. The van der Waals surface area contributed by atoms with Crippen LogP contribution in [0.3, 0.4) is 0 Å². The molecule has 36 heavy (non-hydrogen) atoms. The summed E-state index contributed by atoms with van der Waals surface area (Å²) in [5.41, 5.74) is 3.19. The predicted molar refractivity (Wildman–Crippen MR) is 141 cm³/mol. The molecule has 1 heterocycles. The Bertz CT molecular complexity index is 1440. The normalized spacial score (nSPS) is 11.8. The summed E-state index contributed by atoms with van der Waals surface area (Å²) in [6.07, 6.45) is 3.86. The number of carbonyl (C=O) groups is 1. The third-order valence-corrected chi connectivity index (χ3v) is 10.7. The van der Waals surface area contributed by atoms with Crippen molar-refractivity contribution in [1.82, 2.24) is 4.57 Å². The number of aryl methyl sites for hydroxylation is 2. The summed E-state index contributed by atoms with van der Waals surface area (Å²) in [6, 6.07) is 22.2. The molecule has 4 rings (SSSR count). The molecule has 0 aliphatic rings. The summed E-state index contributed by atoms with van der Waals surface area (Å²) < 4.78 is 50.1. The van der Waals surface area contributed by atoms with Crippen molar-refractivity contribution >= 4 is 36.7 Å². The molecule has 0 saturated heterocycles. The molecule has 0 aliphatic carbocycles. The van der Waals surface area contributed by atoms with E-state index in [9.17, 15) is 16.6 Å². The third-order valence-electron chi connectivity index (χ3n) is 5.37. The van der Waals surface area contributed by atoms with Gasteiger partial charge in [0.1, 0.15) is 0 Å². The van der Waals surface area contributed by atoms with E-state index in [1.807, 2.05) is 66.0 Å². The van der Waals surface area contributed by atoms with Crippen LogP contribution in [-0.2, 0) is 37.6 Å². The number of hydrogen-bond donors (Lipinski definition) is 1. The van der Waals surface area contributed by atoms with Gasteiger partial charge in [0.05, 0.1) is 0 Å². The Hall–Kier alpha value is -3.06. The Balaban J connectivity index is 1.34. The van der Waals surface area contributed by atoms with Crippen molar-refractivity contribution in [2.24, 2.45) is 7.05 Å². The van der Waals surface area contributed by atoms with Crippen LogP contribution < -0.4 is 4.57 Å². The zero-order chi connectivity index (χ0) is 25.7. The third kappa shape index (κ3) is 6.58. The van der Waals surface area contributed by atoms with Gasteiger partial charge in [-0.05, 0) is 0 Å². The number of esters is 1. The van der Waals surface area contributed by atoms with Crippen LogP contribution in [0.4, 0.5) is 0 Å². The van der Waals surface area contributed by atoms with Crippen molar-refractivity contribution in [3.8, 4) is 0 Å². The van der Waals surface area contributed by atoms with Crippen LogP contribution in [0.15, 0.2) is 96.3 Å². The Kier molecular flexibility index (Phi) is 8.19. The number of hydrogen-bond acceptors (Lipinski definition) is 6. The molecule has 0 amide bonds. The van der Waals surface area contributed by atoms with Gasteiger partial charge in [0, 0.05) is 0 Å². The van der Waals surface area contributed by atoms with E-state index in [4.69, 9.17) is 7.25 Å². The van der Waals surface area contributed by atoms with Crippen molar-refractivity contribution in [2.45, 2.75) is 25.0 Å². The molecule has 0 aliphatic heterocycles. The van der Waals surface area contributed by atoms with E-state index in [1.165, 1.54) is 42.0 Å². The summed E-state index contributed by atoms with van der Waals surface area (Å²) in [6.45, 7) is 2.64. The number of ether oxygens (including phenoxy) is 1. The number of aromatic nitrogens is 2. The van der Waals surface area contributed by atoms with Crippen LogP contribution >= 0.6 is 20.6 Å². The van der Waals surface area contributed by atoms with Gasteiger partial charge < -0.3 is 0 Å². The first-order valence-electron chi connectivity index (χ1n) is 11.0. The number of halogens is 1. The molecule has 8 nitrogen and oxygen atoms in total. The monoisotopic (exact) mass is 621 g/mol. The molecular weight excluding hydrogens is 595 g/mol. The van der Waals surface area contributed by atoms with E-state index in [0.29, 0.717) is 10.1 Å². The SMILES string of the molecule is Cc1ccc(S(=O)(=O)OI(O)c2ccc(C(=O)OCc3c[n+](Cc4ccccc4)cn3C)cc2)cc1.